The molecule has 2 nitrogen and oxygen atoms in total. The largest absolute Gasteiger partial charge is 0.476 e. The Morgan fingerprint density at radius 1 is 1.44 bits per heavy atom. The second kappa shape index (κ2) is 6.13. The lowest BCUT2D eigenvalue weighted by molar-refractivity contribution is 0.289. The Balaban J connectivity index is 2.20. The first-order chi connectivity index (χ1) is 8.61. The van der Waals surface area contributed by atoms with Crippen LogP contribution in [-0.4, -0.2) is 30.6 Å². The third-order valence-corrected chi connectivity index (χ3v) is 5.31. The van der Waals surface area contributed by atoms with E-state index in [1.54, 1.807) is 23.1 Å². The second-order valence-electron chi connectivity index (χ2n) is 4.17. The van der Waals surface area contributed by atoms with Crippen LogP contribution in [0.3, 0.4) is 0 Å². The summed E-state index contributed by atoms with van der Waals surface area (Å²) >= 11 is 9.35. The van der Waals surface area contributed by atoms with Gasteiger partial charge in [0, 0.05) is 10.5 Å². The molecule has 1 atom stereocenters. The minimum absolute atomic E-state index is 0.484. The fourth-order valence-corrected chi connectivity index (χ4v) is 3.21. The van der Waals surface area contributed by atoms with Crippen molar-refractivity contribution in [3.05, 3.63) is 26.9 Å². The number of hydrogen-bond donors (Lipinski definition) is 0. The number of hydrogen-bond acceptors (Lipinski definition) is 4. The van der Waals surface area contributed by atoms with E-state index in [0.717, 1.165) is 29.0 Å². The summed E-state index contributed by atoms with van der Waals surface area (Å²) in [7, 11) is 0. The third kappa shape index (κ3) is 3.11. The lowest BCUT2D eigenvalue weighted by atomic mass is 10.1. The van der Waals surface area contributed by atoms with Gasteiger partial charge in [-0.1, -0.05) is 11.6 Å². The molecule has 0 saturated carbocycles. The zero-order valence-corrected chi connectivity index (χ0v) is 13.1. The molecule has 0 spiro atoms. The summed E-state index contributed by atoms with van der Waals surface area (Å²) in [4.78, 5) is 5.70. The number of aliphatic imine (C=N–C) groups is 1. The maximum Gasteiger partial charge on any atom is 0.211 e. The first-order valence-corrected chi connectivity index (χ1v) is 8.23. The predicted molar refractivity (Wildman–Crippen MR) is 83.2 cm³/mol. The quantitative estimate of drug-likeness (QED) is 0.827. The monoisotopic (exact) mass is 301 g/mol. The number of halogens is 1. The fraction of sp³-hybridized carbons (Fsp3) is 0.462. The Morgan fingerprint density at radius 3 is 2.72 bits per heavy atom. The van der Waals surface area contributed by atoms with Gasteiger partial charge in [0.25, 0.3) is 0 Å². The van der Waals surface area contributed by atoms with E-state index in [1.807, 2.05) is 12.1 Å². The van der Waals surface area contributed by atoms with Crippen LogP contribution in [0.25, 0.3) is 5.57 Å². The van der Waals surface area contributed by atoms with Crippen LogP contribution in [0.4, 0.5) is 0 Å². The van der Waals surface area contributed by atoms with Crippen LogP contribution in [0.1, 0.15) is 18.7 Å². The molecule has 1 aromatic heterocycles. The molecule has 5 heteroatoms. The van der Waals surface area contributed by atoms with Gasteiger partial charge >= 0.3 is 0 Å². The van der Waals surface area contributed by atoms with Crippen molar-refractivity contribution in [2.75, 3.05) is 19.4 Å². The number of allylic oxidation sites excluding steroid dienone is 1. The molecule has 0 amide bonds. The first-order valence-electron chi connectivity index (χ1n) is 5.75. The standard InChI is InChI=1S/C13H16ClNOS2/c1-8(11-4-5-12(14)18-11)9(2)13-15-6-10(17-3)7-16-13/h4-5,10H,6-7H2,1-3H3. The maximum atomic E-state index is 5.96. The third-order valence-electron chi connectivity index (χ3n) is 3.00. The summed E-state index contributed by atoms with van der Waals surface area (Å²) in [5.74, 6) is 0.780. The lowest BCUT2D eigenvalue weighted by Crippen LogP contribution is -2.25. The van der Waals surface area contributed by atoms with Crippen LogP contribution in [0, 0.1) is 0 Å². The number of nitrogens with zero attached hydrogens (tertiary/aromatic N) is 1. The Bertz CT molecular complexity index is 493. The van der Waals surface area contributed by atoms with Crippen LogP contribution in [0.2, 0.25) is 4.34 Å². The van der Waals surface area contributed by atoms with Gasteiger partial charge in [0.1, 0.15) is 6.61 Å². The van der Waals surface area contributed by atoms with E-state index in [0.29, 0.717) is 5.25 Å². The van der Waals surface area contributed by atoms with Crippen molar-refractivity contribution < 1.29 is 4.74 Å². The van der Waals surface area contributed by atoms with E-state index >= 15 is 0 Å². The van der Waals surface area contributed by atoms with E-state index in [9.17, 15) is 0 Å². The molecular formula is C13H16ClNOS2. The van der Waals surface area contributed by atoms with Gasteiger partial charge in [0.05, 0.1) is 16.1 Å². The van der Waals surface area contributed by atoms with Gasteiger partial charge in [0.15, 0.2) is 0 Å². The maximum absolute atomic E-state index is 5.96. The van der Waals surface area contributed by atoms with Crippen LogP contribution in [0.5, 0.6) is 0 Å². The van der Waals surface area contributed by atoms with E-state index < -0.39 is 0 Å². The molecule has 0 fully saturated rings. The van der Waals surface area contributed by atoms with Crippen LogP contribution in [0.15, 0.2) is 22.7 Å². The fourth-order valence-electron chi connectivity index (χ4n) is 1.69. The molecule has 1 aliphatic heterocycles. The van der Waals surface area contributed by atoms with Crippen LogP contribution < -0.4 is 0 Å². The molecule has 1 aliphatic rings. The normalized spacial score (nSPS) is 21.1. The predicted octanol–water partition coefficient (Wildman–Crippen LogP) is 4.36. The average Bonchev–Trinajstić information content (AvgIpc) is 2.84. The van der Waals surface area contributed by atoms with Gasteiger partial charge in [-0.15, -0.1) is 11.3 Å². The summed E-state index contributed by atoms with van der Waals surface area (Å²) < 4.78 is 6.55. The molecular weight excluding hydrogens is 286 g/mol. The Kier molecular flexibility index (Phi) is 4.76. The summed E-state index contributed by atoms with van der Waals surface area (Å²) in [5.41, 5.74) is 2.29. The Labute approximate surface area is 121 Å². The topological polar surface area (TPSA) is 21.6 Å². The van der Waals surface area contributed by atoms with Gasteiger partial charge in [0.2, 0.25) is 5.90 Å². The summed E-state index contributed by atoms with van der Waals surface area (Å²) in [6.07, 6.45) is 2.09. The van der Waals surface area contributed by atoms with Crippen LogP contribution >= 0.6 is 34.7 Å². The van der Waals surface area contributed by atoms with Gasteiger partial charge < -0.3 is 4.74 Å². The average molecular weight is 302 g/mol. The molecule has 0 N–H and O–H groups in total. The van der Waals surface area contributed by atoms with Crippen molar-refractivity contribution in [2.24, 2.45) is 4.99 Å². The zero-order chi connectivity index (χ0) is 13.1. The highest BCUT2D eigenvalue weighted by atomic mass is 35.5. The molecule has 1 unspecified atom stereocenters. The minimum atomic E-state index is 0.484. The molecule has 0 aromatic carbocycles. The smallest absolute Gasteiger partial charge is 0.211 e. The van der Waals surface area contributed by atoms with Gasteiger partial charge in [-0.25, -0.2) is 0 Å². The molecule has 0 radical (unpaired) electrons. The molecule has 98 valence electrons. The van der Waals surface area contributed by atoms with Crippen LogP contribution in [-0.2, 0) is 4.74 Å². The van der Waals surface area contributed by atoms with Crippen molar-refractivity contribution in [1.29, 1.82) is 0 Å². The number of thiophene rings is 1. The summed E-state index contributed by atoms with van der Waals surface area (Å²) in [6, 6.07) is 3.96. The molecule has 0 bridgehead atoms. The summed E-state index contributed by atoms with van der Waals surface area (Å²) in [6.45, 7) is 5.73. The highest BCUT2D eigenvalue weighted by molar-refractivity contribution is 7.99. The highest BCUT2D eigenvalue weighted by Crippen LogP contribution is 2.30. The molecule has 1 aromatic rings. The number of ether oxygens (including phenoxy) is 1. The SMILES string of the molecule is CSC1CN=C(C(C)=C(C)c2ccc(Cl)s2)OC1. The number of thioether (sulfide) groups is 1. The van der Waals surface area contributed by atoms with E-state index in [1.165, 1.54) is 10.5 Å². The van der Waals surface area contributed by atoms with Gasteiger partial charge in [-0.2, -0.15) is 11.8 Å². The Hall–Kier alpha value is -0.450. The second-order valence-corrected chi connectivity index (χ2v) is 7.02. The van der Waals surface area contributed by atoms with Crippen molar-refractivity contribution in [1.82, 2.24) is 0 Å². The van der Waals surface area contributed by atoms with Crippen molar-refractivity contribution in [2.45, 2.75) is 19.1 Å². The molecule has 2 rings (SSSR count). The first kappa shape index (κ1) is 14.0. The van der Waals surface area contributed by atoms with Gasteiger partial charge in [-0.3, -0.25) is 4.99 Å². The summed E-state index contributed by atoms with van der Waals surface area (Å²) in [5, 5.41) is 0.484. The van der Waals surface area contributed by atoms with Crippen molar-refractivity contribution >= 4 is 46.2 Å². The minimum Gasteiger partial charge on any atom is -0.476 e. The van der Waals surface area contributed by atoms with E-state index in [4.69, 9.17) is 16.3 Å². The molecule has 2 heterocycles. The Morgan fingerprint density at radius 2 is 2.22 bits per heavy atom. The zero-order valence-electron chi connectivity index (χ0n) is 10.7. The highest BCUT2D eigenvalue weighted by Gasteiger charge is 2.18. The molecule has 0 saturated heterocycles. The van der Waals surface area contributed by atoms with E-state index in [2.05, 4.69) is 25.1 Å². The molecule has 18 heavy (non-hydrogen) atoms. The van der Waals surface area contributed by atoms with E-state index in [-0.39, 0.29) is 0 Å². The lowest BCUT2D eigenvalue weighted by Gasteiger charge is -2.21. The van der Waals surface area contributed by atoms with Gasteiger partial charge in [-0.05, 0) is 37.8 Å². The van der Waals surface area contributed by atoms with Crippen molar-refractivity contribution in [3.63, 3.8) is 0 Å². The molecule has 0 aliphatic carbocycles. The number of rotatable bonds is 3. The van der Waals surface area contributed by atoms with Crippen molar-refractivity contribution in [3.8, 4) is 0 Å².